The first-order chi connectivity index (χ1) is 14.4. The van der Waals surface area contributed by atoms with Gasteiger partial charge in [0.25, 0.3) is 10.0 Å². The molecule has 30 heavy (non-hydrogen) atoms. The molecule has 9 heteroatoms. The number of hydrogen-bond acceptors (Lipinski definition) is 6. The highest BCUT2D eigenvalue weighted by Crippen LogP contribution is 2.28. The lowest BCUT2D eigenvalue weighted by Crippen LogP contribution is -2.18. The van der Waals surface area contributed by atoms with Crippen molar-refractivity contribution in [2.75, 3.05) is 7.11 Å². The number of benzene rings is 3. The average molecular weight is 428 g/mol. The van der Waals surface area contributed by atoms with Gasteiger partial charge in [0, 0.05) is 0 Å². The number of esters is 1. The van der Waals surface area contributed by atoms with E-state index in [1.807, 2.05) is 0 Å². The lowest BCUT2D eigenvalue weighted by atomic mass is 10.2. The average Bonchev–Trinajstić information content (AvgIpc) is 2.75. The minimum absolute atomic E-state index is 0.0537. The first-order valence-electron chi connectivity index (χ1n) is 8.65. The van der Waals surface area contributed by atoms with E-state index in [0.29, 0.717) is 5.56 Å². The quantitative estimate of drug-likeness (QED) is 0.270. The van der Waals surface area contributed by atoms with Crippen LogP contribution in [-0.2, 0) is 10.0 Å². The maximum atomic E-state index is 13.3. The Hall–Kier alpha value is -3.72. The summed E-state index contributed by atoms with van der Waals surface area (Å²) in [4.78, 5) is 14.4. The summed E-state index contributed by atoms with van der Waals surface area (Å²) in [7, 11) is -2.40. The summed E-state index contributed by atoms with van der Waals surface area (Å²) in [5, 5.41) is 3.75. The molecule has 0 aliphatic carbocycles. The SMILES string of the molecule is COc1cc(/C=N\NS(=O)(=O)c2ccccc2)ccc1OC(=O)c1cccc(F)c1. The zero-order valence-electron chi connectivity index (χ0n) is 15.8. The minimum atomic E-state index is -3.78. The first-order valence-corrected chi connectivity index (χ1v) is 10.1. The number of hydrazone groups is 1. The van der Waals surface area contributed by atoms with Crippen molar-refractivity contribution in [2.45, 2.75) is 4.90 Å². The monoisotopic (exact) mass is 428 g/mol. The zero-order valence-corrected chi connectivity index (χ0v) is 16.6. The van der Waals surface area contributed by atoms with Crippen molar-refractivity contribution in [1.29, 1.82) is 0 Å². The third kappa shape index (κ3) is 5.21. The Bertz CT molecular complexity index is 1180. The molecule has 0 saturated heterocycles. The van der Waals surface area contributed by atoms with Gasteiger partial charge in [-0.25, -0.2) is 14.0 Å². The van der Waals surface area contributed by atoms with Crippen molar-refractivity contribution < 1.29 is 27.1 Å². The van der Waals surface area contributed by atoms with Crippen molar-refractivity contribution in [3.63, 3.8) is 0 Å². The topological polar surface area (TPSA) is 94.1 Å². The van der Waals surface area contributed by atoms with Gasteiger partial charge in [-0.2, -0.15) is 13.5 Å². The van der Waals surface area contributed by atoms with Crippen LogP contribution in [0.4, 0.5) is 4.39 Å². The Kier molecular flexibility index (Phi) is 6.43. The molecule has 3 aromatic rings. The molecule has 0 saturated carbocycles. The summed E-state index contributed by atoms with van der Waals surface area (Å²) in [6, 6.07) is 17.4. The summed E-state index contributed by atoms with van der Waals surface area (Å²) in [6.07, 6.45) is 1.28. The largest absolute Gasteiger partial charge is 0.493 e. The van der Waals surface area contributed by atoms with Gasteiger partial charge < -0.3 is 9.47 Å². The molecule has 7 nitrogen and oxygen atoms in total. The van der Waals surface area contributed by atoms with E-state index in [0.717, 1.165) is 6.07 Å². The Balaban J connectivity index is 1.72. The normalized spacial score (nSPS) is 11.3. The second kappa shape index (κ2) is 9.19. The molecule has 0 bridgehead atoms. The van der Waals surface area contributed by atoms with E-state index in [-0.39, 0.29) is 22.0 Å². The van der Waals surface area contributed by atoms with E-state index in [9.17, 15) is 17.6 Å². The lowest BCUT2D eigenvalue weighted by molar-refractivity contribution is 0.0729. The Morgan fingerprint density at radius 2 is 1.77 bits per heavy atom. The Labute approximate surface area is 172 Å². The molecule has 0 aliphatic rings. The number of halogens is 1. The van der Waals surface area contributed by atoms with E-state index in [1.54, 1.807) is 24.3 Å². The number of carbonyl (C=O) groups is 1. The van der Waals surface area contributed by atoms with Gasteiger partial charge in [0.15, 0.2) is 11.5 Å². The van der Waals surface area contributed by atoms with Crippen LogP contribution < -0.4 is 14.3 Å². The van der Waals surface area contributed by atoms with E-state index in [1.165, 1.54) is 55.8 Å². The molecule has 0 amide bonds. The Morgan fingerprint density at radius 3 is 2.47 bits per heavy atom. The van der Waals surface area contributed by atoms with Crippen LogP contribution in [-0.4, -0.2) is 27.7 Å². The highest BCUT2D eigenvalue weighted by atomic mass is 32.2. The molecular weight excluding hydrogens is 411 g/mol. The van der Waals surface area contributed by atoms with Crippen molar-refractivity contribution >= 4 is 22.2 Å². The van der Waals surface area contributed by atoms with Crippen LogP contribution in [0.25, 0.3) is 0 Å². The van der Waals surface area contributed by atoms with Gasteiger partial charge in [0.2, 0.25) is 0 Å². The molecule has 0 radical (unpaired) electrons. The predicted molar refractivity (Wildman–Crippen MR) is 109 cm³/mol. The fourth-order valence-electron chi connectivity index (χ4n) is 2.45. The molecule has 3 rings (SSSR count). The number of rotatable bonds is 7. The maximum absolute atomic E-state index is 13.3. The summed E-state index contributed by atoms with van der Waals surface area (Å²) in [5.41, 5.74) is 0.547. The lowest BCUT2D eigenvalue weighted by Gasteiger charge is -2.10. The summed E-state index contributed by atoms with van der Waals surface area (Å²) < 4.78 is 48.0. The molecule has 0 aliphatic heterocycles. The van der Waals surface area contributed by atoms with E-state index in [4.69, 9.17) is 9.47 Å². The third-order valence-electron chi connectivity index (χ3n) is 3.89. The van der Waals surface area contributed by atoms with Crippen LogP contribution >= 0.6 is 0 Å². The summed E-state index contributed by atoms with van der Waals surface area (Å²) in [6.45, 7) is 0. The zero-order chi connectivity index (χ0) is 21.6. The van der Waals surface area contributed by atoms with Crippen LogP contribution in [0.3, 0.4) is 0 Å². The van der Waals surface area contributed by atoms with Gasteiger partial charge in [-0.1, -0.05) is 24.3 Å². The van der Waals surface area contributed by atoms with E-state index < -0.39 is 21.8 Å². The van der Waals surface area contributed by atoms with E-state index in [2.05, 4.69) is 9.93 Å². The first kappa shape index (κ1) is 21.0. The maximum Gasteiger partial charge on any atom is 0.343 e. The number of carbonyl (C=O) groups excluding carboxylic acids is 1. The molecule has 0 fully saturated rings. The summed E-state index contributed by atoms with van der Waals surface area (Å²) >= 11 is 0. The van der Waals surface area contributed by atoms with Crippen LogP contribution in [0, 0.1) is 5.82 Å². The van der Waals surface area contributed by atoms with Gasteiger partial charge in [-0.05, 0) is 54.1 Å². The second-order valence-electron chi connectivity index (χ2n) is 5.98. The molecule has 0 unspecified atom stereocenters. The predicted octanol–water partition coefficient (Wildman–Crippen LogP) is 3.37. The van der Waals surface area contributed by atoms with Crippen molar-refractivity contribution in [3.05, 3.63) is 89.7 Å². The number of ether oxygens (including phenoxy) is 2. The van der Waals surface area contributed by atoms with Crippen LogP contribution in [0.5, 0.6) is 11.5 Å². The van der Waals surface area contributed by atoms with Crippen molar-refractivity contribution in [2.24, 2.45) is 5.10 Å². The Morgan fingerprint density at radius 1 is 1.00 bits per heavy atom. The summed E-state index contributed by atoms with van der Waals surface area (Å²) in [5.74, 6) is -0.964. The number of nitrogens with one attached hydrogen (secondary N) is 1. The number of sulfonamides is 1. The number of methoxy groups -OCH3 is 1. The molecule has 3 aromatic carbocycles. The molecule has 0 spiro atoms. The van der Waals surface area contributed by atoms with Crippen LogP contribution in [0.1, 0.15) is 15.9 Å². The van der Waals surface area contributed by atoms with Gasteiger partial charge >= 0.3 is 5.97 Å². The minimum Gasteiger partial charge on any atom is -0.493 e. The smallest absolute Gasteiger partial charge is 0.343 e. The second-order valence-corrected chi connectivity index (χ2v) is 7.64. The molecular formula is C21H17FN2O5S. The fourth-order valence-corrected chi connectivity index (χ4v) is 3.26. The molecule has 154 valence electrons. The van der Waals surface area contributed by atoms with Gasteiger partial charge in [0.05, 0.1) is 23.8 Å². The molecule has 0 heterocycles. The number of hydrogen-bond donors (Lipinski definition) is 1. The van der Waals surface area contributed by atoms with Crippen molar-refractivity contribution in [3.8, 4) is 11.5 Å². The van der Waals surface area contributed by atoms with Crippen LogP contribution in [0.2, 0.25) is 0 Å². The highest BCUT2D eigenvalue weighted by molar-refractivity contribution is 7.89. The van der Waals surface area contributed by atoms with Crippen molar-refractivity contribution in [1.82, 2.24) is 4.83 Å². The molecule has 1 N–H and O–H groups in total. The third-order valence-corrected chi connectivity index (χ3v) is 5.13. The van der Waals surface area contributed by atoms with Gasteiger partial charge in [-0.15, -0.1) is 0 Å². The van der Waals surface area contributed by atoms with Crippen LogP contribution in [0.15, 0.2) is 82.8 Å². The molecule has 0 atom stereocenters. The molecule has 0 aromatic heterocycles. The van der Waals surface area contributed by atoms with E-state index >= 15 is 0 Å². The van der Waals surface area contributed by atoms with Gasteiger partial charge in [-0.3, -0.25) is 0 Å². The number of nitrogens with zero attached hydrogens (tertiary/aromatic N) is 1. The highest BCUT2D eigenvalue weighted by Gasteiger charge is 2.14. The fraction of sp³-hybridized carbons (Fsp3) is 0.0476. The van der Waals surface area contributed by atoms with Gasteiger partial charge in [0.1, 0.15) is 5.82 Å². The standard InChI is InChI=1S/C21H17FN2O5S/c1-28-20-12-15(14-23-24-30(26,27)18-8-3-2-4-9-18)10-11-19(20)29-21(25)16-6-5-7-17(22)13-16/h2-14,24H,1H3/b23-14-.